The number of methoxy groups -OCH3 is 1. The third-order valence-corrected chi connectivity index (χ3v) is 6.90. The Hall–Kier alpha value is -3.72. The second kappa shape index (κ2) is 13.8. The van der Waals surface area contributed by atoms with Gasteiger partial charge in [-0.1, -0.05) is 18.2 Å². The first kappa shape index (κ1) is 30.2. The number of nitrogens with zero attached hydrogens (tertiary/aromatic N) is 2. The van der Waals surface area contributed by atoms with Gasteiger partial charge in [-0.2, -0.15) is 0 Å². The van der Waals surface area contributed by atoms with Gasteiger partial charge in [0.2, 0.25) is 5.88 Å². The third-order valence-electron chi connectivity index (χ3n) is 6.90. The standard InChI is InChI=1S/C22H25FN2O3.C10H15NO2/c1-27-20-11-16(18(23)12-17(20)22(26)15-5-6-15)13-28-21-4-2-3-19(25-21)14-7-9-24-10-8-14;1-10(2,3)13-9(12)11-7-5-4-6-8-11/h2-4,11-12,14-15,24H,5-10,13H2,1H3;4-7H,8H2,1-3H3. The minimum absolute atomic E-state index is 0.0114. The van der Waals surface area contributed by atoms with Crippen molar-refractivity contribution in [3.63, 3.8) is 0 Å². The van der Waals surface area contributed by atoms with Gasteiger partial charge in [-0.05, 0) is 83.8 Å². The number of rotatable bonds is 7. The van der Waals surface area contributed by atoms with Gasteiger partial charge in [0.15, 0.2) is 5.78 Å². The fourth-order valence-corrected chi connectivity index (χ4v) is 4.56. The predicted octanol–water partition coefficient (Wildman–Crippen LogP) is 6.18. The minimum atomic E-state index is -0.459. The van der Waals surface area contributed by atoms with Crippen molar-refractivity contribution in [1.29, 1.82) is 0 Å². The number of benzene rings is 1. The largest absolute Gasteiger partial charge is 0.496 e. The molecule has 0 unspecified atom stereocenters. The number of hydrogen-bond acceptors (Lipinski definition) is 7. The van der Waals surface area contributed by atoms with Crippen LogP contribution in [0.5, 0.6) is 11.6 Å². The zero-order valence-electron chi connectivity index (χ0n) is 24.3. The molecule has 0 bridgehead atoms. The number of ketones is 1. The lowest BCUT2D eigenvalue weighted by Gasteiger charge is -2.25. The molecule has 1 saturated carbocycles. The average molecular weight is 566 g/mol. The van der Waals surface area contributed by atoms with Crippen molar-refractivity contribution in [2.24, 2.45) is 5.92 Å². The van der Waals surface area contributed by atoms with Crippen LogP contribution in [0.1, 0.15) is 74.0 Å². The maximum absolute atomic E-state index is 14.6. The number of Topliss-reactive ketones (excluding diaryl/α,β-unsaturated/α-hetero) is 1. The topological polar surface area (TPSA) is 90.0 Å². The van der Waals surface area contributed by atoms with E-state index in [9.17, 15) is 14.0 Å². The fraction of sp³-hybridized carbons (Fsp3) is 0.469. The normalized spacial score (nSPS) is 17.0. The first-order chi connectivity index (χ1) is 19.6. The summed E-state index contributed by atoms with van der Waals surface area (Å²) in [6, 6.07) is 8.56. The molecule has 1 aliphatic carbocycles. The lowest BCUT2D eigenvalue weighted by molar-refractivity contribution is 0.0350. The Labute approximate surface area is 241 Å². The van der Waals surface area contributed by atoms with Crippen LogP contribution < -0.4 is 14.8 Å². The molecule has 9 heteroatoms. The van der Waals surface area contributed by atoms with Crippen LogP contribution >= 0.6 is 0 Å². The lowest BCUT2D eigenvalue weighted by Crippen LogP contribution is -2.34. The first-order valence-electron chi connectivity index (χ1n) is 14.2. The highest BCUT2D eigenvalue weighted by molar-refractivity contribution is 6.01. The molecule has 1 amide bonds. The monoisotopic (exact) mass is 565 g/mol. The highest BCUT2D eigenvalue weighted by atomic mass is 19.1. The highest BCUT2D eigenvalue weighted by Gasteiger charge is 2.33. The van der Waals surface area contributed by atoms with Crippen LogP contribution in [0.4, 0.5) is 9.18 Å². The van der Waals surface area contributed by atoms with Crippen molar-refractivity contribution in [2.75, 3.05) is 26.7 Å². The number of amides is 1. The van der Waals surface area contributed by atoms with Gasteiger partial charge in [0, 0.05) is 41.9 Å². The number of halogens is 1. The summed E-state index contributed by atoms with van der Waals surface area (Å²) in [7, 11) is 1.49. The molecule has 1 aromatic heterocycles. The Morgan fingerprint density at radius 2 is 1.85 bits per heavy atom. The van der Waals surface area contributed by atoms with Crippen LogP contribution in [0, 0.1) is 11.7 Å². The second-order valence-electron chi connectivity index (χ2n) is 11.4. The van der Waals surface area contributed by atoms with Crippen LogP contribution in [0.25, 0.3) is 0 Å². The zero-order chi connectivity index (χ0) is 29.4. The summed E-state index contributed by atoms with van der Waals surface area (Å²) in [5.41, 5.74) is 1.25. The van der Waals surface area contributed by atoms with E-state index in [1.807, 2.05) is 51.1 Å². The van der Waals surface area contributed by atoms with Gasteiger partial charge in [0.25, 0.3) is 0 Å². The molecule has 1 N–H and O–H groups in total. The molecule has 3 aliphatic rings. The molecule has 0 atom stereocenters. The van der Waals surface area contributed by atoms with Crippen LogP contribution in [0.3, 0.4) is 0 Å². The number of carbonyl (C=O) groups excluding carboxylic acids is 2. The molecular weight excluding hydrogens is 525 g/mol. The maximum Gasteiger partial charge on any atom is 0.414 e. The Morgan fingerprint density at radius 3 is 2.49 bits per heavy atom. The van der Waals surface area contributed by atoms with E-state index in [1.54, 1.807) is 18.3 Å². The molecule has 0 radical (unpaired) electrons. The van der Waals surface area contributed by atoms with Gasteiger partial charge < -0.3 is 19.5 Å². The van der Waals surface area contributed by atoms with Gasteiger partial charge in [-0.15, -0.1) is 0 Å². The van der Waals surface area contributed by atoms with E-state index >= 15 is 0 Å². The molecule has 1 saturated heterocycles. The molecule has 8 nitrogen and oxygen atoms in total. The molecule has 1 aromatic carbocycles. The van der Waals surface area contributed by atoms with Gasteiger partial charge in [-0.25, -0.2) is 14.2 Å². The number of hydrogen-bond donors (Lipinski definition) is 1. The minimum Gasteiger partial charge on any atom is -0.496 e. The lowest BCUT2D eigenvalue weighted by atomic mass is 9.94. The van der Waals surface area contributed by atoms with Gasteiger partial charge in [0.05, 0.1) is 12.7 Å². The summed E-state index contributed by atoms with van der Waals surface area (Å²) < 4.78 is 30.8. The van der Waals surface area contributed by atoms with E-state index in [-0.39, 0.29) is 24.4 Å². The molecule has 220 valence electrons. The van der Waals surface area contributed by atoms with Crippen molar-refractivity contribution in [2.45, 2.75) is 64.6 Å². The predicted molar refractivity (Wildman–Crippen MR) is 155 cm³/mol. The van der Waals surface area contributed by atoms with Crippen LogP contribution in [-0.2, 0) is 11.3 Å². The van der Waals surface area contributed by atoms with E-state index in [0.29, 0.717) is 35.2 Å². The van der Waals surface area contributed by atoms with Crippen LogP contribution in [0.2, 0.25) is 0 Å². The number of allylic oxidation sites excluding steroid dienone is 2. The molecule has 41 heavy (non-hydrogen) atoms. The summed E-state index contributed by atoms with van der Waals surface area (Å²) in [6.45, 7) is 8.17. The summed E-state index contributed by atoms with van der Waals surface area (Å²) in [6.07, 6.45) is 10.9. The SMILES string of the molecule is CC(C)(C)OC(=O)N1C=CC=CC1.COc1cc(COc2cccc(C3CCNCC3)n2)c(F)cc1C(=O)C1CC1. The zero-order valence-corrected chi connectivity index (χ0v) is 24.3. The van der Waals surface area contributed by atoms with Crippen molar-refractivity contribution >= 4 is 11.9 Å². The van der Waals surface area contributed by atoms with E-state index in [1.165, 1.54) is 18.1 Å². The number of pyridine rings is 1. The van der Waals surface area contributed by atoms with Gasteiger partial charge in [0.1, 0.15) is 23.8 Å². The van der Waals surface area contributed by atoms with Gasteiger partial charge >= 0.3 is 6.09 Å². The Morgan fingerprint density at radius 1 is 1.10 bits per heavy atom. The Balaban J connectivity index is 0.000000251. The number of aromatic nitrogens is 1. The van der Waals surface area contributed by atoms with Gasteiger partial charge in [-0.3, -0.25) is 9.69 Å². The first-order valence-corrected chi connectivity index (χ1v) is 14.2. The van der Waals surface area contributed by atoms with Crippen molar-refractivity contribution in [3.05, 3.63) is 77.4 Å². The summed E-state index contributed by atoms with van der Waals surface area (Å²) in [5, 5.41) is 3.35. The maximum atomic E-state index is 14.6. The molecule has 2 fully saturated rings. The highest BCUT2D eigenvalue weighted by Crippen LogP contribution is 2.36. The summed E-state index contributed by atoms with van der Waals surface area (Å²) in [5.74, 6) is 0.811. The summed E-state index contributed by atoms with van der Waals surface area (Å²) >= 11 is 0. The van der Waals surface area contributed by atoms with Crippen molar-refractivity contribution < 1.29 is 28.2 Å². The van der Waals surface area contributed by atoms with E-state index in [0.717, 1.165) is 44.5 Å². The smallest absolute Gasteiger partial charge is 0.414 e. The number of piperidine rings is 1. The van der Waals surface area contributed by atoms with Crippen LogP contribution in [0.15, 0.2) is 54.8 Å². The third kappa shape index (κ3) is 8.88. The molecule has 2 aromatic rings. The van der Waals surface area contributed by atoms with E-state index < -0.39 is 11.4 Å². The number of nitrogens with one attached hydrogen (secondary N) is 1. The van der Waals surface area contributed by atoms with Crippen molar-refractivity contribution in [1.82, 2.24) is 15.2 Å². The average Bonchev–Trinajstić information content (AvgIpc) is 3.82. The fourth-order valence-electron chi connectivity index (χ4n) is 4.56. The van der Waals surface area contributed by atoms with Crippen molar-refractivity contribution in [3.8, 4) is 11.6 Å². The Kier molecular flexibility index (Phi) is 10.2. The molecule has 0 spiro atoms. The molecular formula is C32H40FN3O5. The van der Waals surface area contributed by atoms with Crippen LogP contribution in [-0.4, -0.2) is 54.1 Å². The Bertz CT molecular complexity index is 1280. The molecule has 5 rings (SSSR count). The molecule has 2 aliphatic heterocycles. The number of ether oxygens (including phenoxy) is 3. The van der Waals surface area contributed by atoms with E-state index in [4.69, 9.17) is 14.2 Å². The van der Waals surface area contributed by atoms with E-state index in [2.05, 4.69) is 10.3 Å². The quantitative estimate of drug-likeness (QED) is 0.401. The molecule has 3 heterocycles. The number of carbonyl (C=O) groups is 2. The summed E-state index contributed by atoms with van der Waals surface area (Å²) in [4.78, 5) is 29.9. The second-order valence-corrected chi connectivity index (χ2v) is 11.4.